The van der Waals surface area contributed by atoms with Crippen molar-refractivity contribution in [1.82, 2.24) is 9.97 Å². The highest BCUT2D eigenvalue weighted by Crippen LogP contribution is 2.20. The molecule has 0 aliphatic heterocycles. The largest absolute Gasteiger partial charge is 0.368 e. The normalized spacial score (nSPS) is 10.5. The summed E-state index contributed by atoms with van der Waals surface area (Å²) < 4.78 is 0. The fraction of sp³-hybridized carbons (Fsp3) is 0.267. The van der Waals surface area contributed by atoms with Crippen LogP contribution < -0.4 is 10.6 Å². The second-order valence-electron chi connectivity index (χ2n) is 5.01. The number of hydrogen-bond donors (Lipinski definition) is 2. The van der Waals surface area contributed by atoms with Crippen LogP contribution in [0.2, 0.25) is 5.02 Å². The van der Waals surface area contributed by atoms with Gasteiger partial charge >= 0.3 is 0 Å². The highest BCUT2D eigenvalue weighted by atomic mass is 35.5. The molecular formula is C15H17ClN4O. The van der Waals surface area contributed by atoms with E-state index in [1.807, 2.05) is 26.8 Å². The van der Waals surface area contributed by atoms with E-state index >= 15 is 0 Å². The lowest BCUT2D eigenvalue weighted by Crippen LogP contribution is -2.16. The molecule has 0 aliphatic rings. The Labute approximate surface area is 128 Å². The van der Waals surface area contributed by atoms with Crippen molar-refractivity contribution in [3.63, 3.8) is 0 Å². The van der Waals surface area contributed by atoms with Gasteiger partial charge in [0.2, 0.25) is 0 Å². The first-order chi connectivity index (χ1) is 9.95. The summed E-state index contributed by atoms with van der Waals surface area (Å²) >= 11 is 6.04. The summed E-state index contributed by atoms with van der Waals surface area (Å²) in [6, 6.07) is 7.21. The number of nitrogens with zero attached hydrogens (tertiary/aromatic N) is 2. The number of hydrogen-bond acceptors (Lipinski definition) is 4. The van der Waals surface area contributed by atoms with Crippen LogP contribution in [0.3, 0.4) is 0 Å². The summed E-state index contributed by atoms with van der Waals surface area (Å²) in [4.78, 5) is 20.2. The molecule has 5 nitrogen and oxygen atoms in total. The average molecular weight is 305 g/mol. The minimum absolute atomic E-state index is 0.228. The second kappa shape index (κ2) is 6.54. The maximum Gasteiger partial charge on any atom is 0.274 e. The molecule has 1 heterocycles. The Kier molecular flexibility index (Phi) is 4.75. The molecule has 2 rings (SSSR count). The number of anilines is 2. The quantitative estimate of drug-likeness (QED) is 0.907. The minimum atomic E-state index is -0.302. The van der Waals surface area contributed by atoms with Crippen molar-refractivity contribution in [3.05, 3.63) is 46.9 Å². The fourth-order valence-electron chi connectivity index (χ4n) is 1.72. The van der Waals surface area contributed by atoms with Crippen molar-refractivity contribution in [2.75, 3.05) is 10.6 Å². The first-order valence-electron chi connectivity index (χ1n) is 6.62. The summed E-state index contributed by atoms with van der Waals surface area (Å²) in [6.07, 6.45) is 1.36. The molecule has 21 heavy (non-hydrogen) atoms. The van der Waals surface area contributed by atoms with Gasteiger partial charge in [-0.1, -0.05) is 17.7 Å². The first-order valence-corrected chi connectivity index (χ1v) is 6.99. The second-order valence-corrected chi connectivity index (χ2v) is 5.41. The molecule has 0 unspecified atom stereocenters. The van der Waals surface area contributed by atoms with Gasteiger partial charge in [0.25, 0.3) is 5.91 Å². The molecular weight excluding hydrogens is 288 g/mol. The van der Waals surface area contributed by atoms with E-state index in [4.69, 9.17) is 11.6 Å². The van der Waals surface area contributed by atoms with Gasteiger partial charge in [-0.15, -0.1) is 0 Å². The zero-order valence-electron chi connectivity index (χ0n) is 12.1. The third-order valence-corrected chi connectivity index (χ3v) is 3.17. The fourth-order valence-corrected chi connectivity index (χ4v) is 1.90. The number of benzene rings is 1. The summed E-state index contributed by atoms with van der Waals surface area (Å²) in [6.45, 7) is 5.90. The molecule has 110 valence electrons. The number of rotatable bonds is 4. The van der Waals surface area contributed by atoms with Gasteiger partial charge in [0, 0.05) is 22.8 Å². The SMILES string of the molecule is Cc1ccc(NC(=O)c2cc(NC(C)C)ncn2)cc1Cl. The van der Waals surface area contributed by atoms with Crippen LogP contribution in [0.1, 0.15) is 29.9 Å². The van der Waals surface area contributed by atoms with E-state index in [0.717, 1.165) is 5.56 Å². The molecule has 0 atom stereocenters. The monoisotopic (exact) mass is 304 g/mol. The molecule has 2 N–H and O–H groups in total. The lowest BCUT2D eigenvalue weighted by Gasteiger charge is -2.10. The molecule has 0 aliphatic carbocycles. The van der Waals surface area contributed by atoms with Crippen molar-refractivity contribution in [2.24, 2.45) is 0 Å². The smallest absolute Gasteiger partial charge is 0.274 e. The molecule has 0 fully saturated rings. The summed E-state index contributed by atoms with van der Waals surface area (Å²) in [5.74, 6) is 0.316. The summed E-state index contributed by atoms with van der Waals surface area (Å²) in [5.41, 5.74) is 1.89. The van der Waals surface area contributed by atoms with Crippen LogP contribution in [0.4, 0.5) is 11.5 Å². The number of amides is 1. The molecule has 0 spiro atoms. The maximum atomic E-state index is 12.2. The number of carbonyl (C=O) groups excluding carboxylic acids is 1. The molecule has 2 aromatic rings. The molecule has 6 heteroatoms. The first kappa shape index (κ1) is 15.3. The van der Waals surface area contributed by atoms with Gasteiger partial charge in [0.05, 0.1) is 0 Å². The van der Waals surface area contributed by atoms with Crippen molar-refractivity contribution in [1.29, 1.82) is 0 Å². The van der Waals surface area contributed by atoms with Gasteiger partial charge in [-0.2, -0.15) is 0 Å². The number of nitrogens with one attached hydrogen (secondary N) is 2. The number of aryl methyl sites for hydroxylation is 1. The van der Waals surface area contributed by atoms with Crippen molar-refractivity contribution in [2.45, 2.75) is 26.8 Å². The Balaban J connectivity index is 2.14. The minimum Gasteiger partial charge on any atom is -0.368 e. The van der Waals surface area contributed by atoms with Gasteiger partial charge in [0.1, 0.15) is 17.8 Å². The Morgan fingerprint density at radius 1 is 1.24 bits per heavy atom. The van der Waals surface area contributed by atoms with Gasteiger partial charge in [-0.3, -0.25) is 4.79 Å². The van der Waals surface area contributed by atoms with Gasteiger partial charge in [0.15, 0.2) is 0 Å². The third kappa shape index (κ3) is 4.16. The predicted molar refractivity (Wildman–Crippen MR) is 84.9 cm³/mol. The standard InChI is InChI=1S/C15H17ClN4O/c1-9(2)19-14-7-13(17-8-18-14)15(21)20-11-5-4-10(3)12(16)6-11/h4-9H,1-3H3,(H,20,21)(H,17,18,19). The van der Waals surface area contributed by atoms with Crippen LogP contribution in [0, 0.1) is 6.92 Å². The lowest BCUT2D eigenvalue weighted by molar-refractivity contribution is 0.102. The van der Waals surface area contributed by atoms with Crippen LogP contribution in [0.25, 0.3) is 0 Å². The summed E-state index contributed by atoms with van der Waals surface area (Å²) in [5, 5.41) is 6.50. The molecule has 1 aromatic heterocycles. The number of halogens is 1. The molecule has 1 amide bonds. The van der Waals surface area contributed by atoms with Crippen LogP contribution in [0.5, 0.6) is 0 Å². The lowest BCUT2D eigenvalue weighted by atomic mass is 10.2. The zero-order valence-corrected chi connectivity index (χ0v) is 12.9. The molecule has 1 aromatic carbocycles. The van der Waals surface area contributed by atoms with E-state index in [1.165, 1.54) is 6.33 Å². The Hall–Kier alpha value is -2.14. The number of aromatic nitrogens is 2. The molecule has 0 saturated carbocycles. The van der Waals surface area contributed by atoms with E-state index in [-0.39, 0.29) is 11.9 Å². The number of carbonyl (C=O) groups is 1. The van der Waals surface area contributed by atoms with Crippen molar-refractivity contribution in [3.8, 4) is 0 Å². The van der Waals surface area contributed by atoms with Crippen LogP contribution in [-0.2, 0) is 0 Å². The Morgan fingerprint density at radius 2 is 2.00 bits per heavy atom. The third-order valence-electron chi connectivity index (χ3n) is 2.77. The van der Waals surface area contributed by atoms with Crippen LogP contribution in [-0.4, -0.2) is 21.9 Å². The Bertz CT molecular complexity index is 658. The van der Waals surface area contributed by atoms with E-state index in [0.29, 0.717) is 22.2 Å². The van der Waals surface area contributed by atoms with Gasteiger partial charge < -0.3 is 10.6 Å². The molecule has 0 saturated heterocycles. The average Bonchev–Trinajstić information content (AvgIpc) is 2.42. The van der Waals surface area contributed by atoms with E-state index in [9.17, 15) is 4.79 Å². The Morgan fingerprint density at radius 3 is 2.67 bits per heavy atom. The highest BCUT2D eigenvalue weighted by molar-refractivity contribution is 6.31. The zero-order chi connectivity index (χ0) is 15.4. The molecule has 0 radical (unpaired) electrons. The van der Waals surface area contributed by atoms with E-state index in [1.54, 1.807) is 18.2 Å². The van der Waals surface area contributed by atoms with Gasteiger partial charge in [-0.25, -0.2) is 9.97 Å². The molecule has 0 bridgehead atoms. The summed E-state index contributed by atoms with van der Waals surface area (Å²) in [7, 11) is 0. The topological polar surface area (TPSA) is 66.9 Å². The van der Waals surface area contributed by atoms with E-state index < -0.39 is 0 Å². The van der Waals surface area contributed by atoms with Crippen molar-refractivity contribution < 1.29 is 4.79 Å². The van der Waals surface area contributed by atoms with Crippen LogP contribution >= 0.6 is 11.6 Å². The van der Waals surface area contributed by atoms with Gasteiger partial charge in [-0.05, 0) is 38.5 Å². The highest BCUT2D eigenvalue weighted by Gasteiger charge is 2.10. The predicted octanol–water partition coefficient (Wildman–Crippen LogP) is 3.51. The van der Waals surface area contributed by atoms with E-state index in [2.05, 4.69) is 20.6 Å². The maximum absolute atomic E-state index is 12.2. The van der Waals surface area contributed by atoms with Crippen molar-refractivity contribution >= 4 is 29.0 Å². The van der Waals surface area contributed by atoms with Crippen LogP contribution in [0.15, 0.2) is 30.6 Å².